The van der Waals surface area contributed by atoms with E-state index in [1.54, 1.807) is 14.0 Å². The van der Waals surface area contributed by atoms with E-state index in [-0.39, 0.29) is 11.9 Å². The number of ether oxygens (including phenoxy) is 2. The van der Waals surface area contributed by atoms with Crippen molar-refractivity contribution >= 4 is 11.9 Å². The van der Waals surface area contributed by atoms with E-state index in [1.807, 2.05) is 42.5 Å². The number of carbonyl (C=O) groups is 2. The van der Waals surface area contributed by atoms with Crippen LogP contribution in [0.15, 0.2) is 48.5 Å². The summed E-state index contributed by atoms with van der Waals surface area (Å²) in [6, 6.07) is 16.3. The van der Waals surface area contributed by atoms with Gasteiger partial charge in [0.1, 0.15) is 5.75 Å². The Morgan fingerprint density at radius 2 is 1.86 bits per heavy atom. The molecular weight excluding hydrogens is 466 g/mol. The first-order valence-electron chi connectivity index (χ1n) is 13.6. The molecule has 0 aromatic heterocycles. The molecule has 1 fully saturated rings. The average molecular weight is 512 g/mol. The van der Waals surface area contributed by atoms with Crippen LogP contribution in [0.1, 0.15) is 67.9 Å². The fourth-order valence-electron chi connectivity index (χ4n) is 4.26. The second kappa shape index (κ2) is 17.5. The fraction of sp³-hybridized carbons (Fsp3) is 0.533. The lowest BCUT2D eigenvalue weighted by atomic mass is 10.0. The second-order valence-electron chi connectivity index (χ2n) is 9.40. The van der Waals surface area contributed by atoms with Crippen molar-refractivity contribution in [3.05, 3.63) is 65.2 Å². The highest BCUT2D eigenvalue weighted by molar-refractivity contribution is 5.94. The number of benzene rings is 2. The van der Waals surface area contributed by atoms with Gasteiger partial charge in [-0.3, -0.25) is 9.59 Å². The molecule has 0 aliphatic carbocycles. The first-order chi connectivity index (χ1) is 17.9. The van der Waals surface area contributed by atoms with Crippen LogP contribution in [0.2, 0.25) is 0 Å². The van der Waals surface area contributed by atoms with E-state index < -0.39 is 0 Å². The molecule has 0 radical (unpaired) electrons. The van der Waals surface area contributed by atoms with Crippen molar-refractivity contribution in [3.8, 4) is 5.75 Å². The Balaban J connectivity index is 0.000000402. The predicted octanol–water partition coefficient (Wildman–Crippen LogP) is 4.44. The summed E-state index contributed by atoms with van der Waals surface area (Å²) >= 11 is 0. The Morgan fingerprint density at radius 1 is 1.08 bits per heavy atom. The minimum absolute atomic E-state index is 0.0981. The molecule has 1 amide bonds. The lowest BCUT2D eigenvalue weighted by Gasteiger charge is -2.31. The number of rotatable bonds is 12. The van der Waals surface area contributed by atoms with Gasteiger partial charge in [0.05, 0.1) is 13.7 Å². The summed E-state index contributed by atoms with van der Waals surface area (Å²) in [6.45, 7) is 12.1. The third-order valence-electron chi connectivity index (χ3n) is 6.15. The van der Waals surface area contributed by atoms with Crippen molar-refractivity contribution in [1.82, 2.24) is 15.5 Å². The van der Waals surface area contributed by atoms with E-state index in [0.29, 0.717) is 37.6 Å². The Morgan fingerprint density at radius 3 is 2.54 bits per heavy atom. The average Bonchev–Trinajstić information content (AvgIpc) is 2.90. The number of nitrogens with zero attached hydrogens (tertiary/aromatic N) is 1. The Kier molecular flexibility index (Phi) is 14.4. The molecular formula is C30H45N3O4. The van der Waals surface area contributed by atoms with Crippen LogP contribution >= 0.6 is 0 Å². The summed E-state index contributed by atoms with van der Waals surface area (Å²) in [5.41, 5.74) is 2.93. The Hall–Kier alpha value is -2.90. The zero-order valence-electron chi connectivity index (χ0n) is 23.1. The number of esters is 1. The minimum Gasteiger partial charge on any atom is -0.497 e. The lowest BCUT2D eigenvalue weighted by molar-refractivity contribution is -0.143. The molecule has 1 saturated heterocycles. The Labute approximate surface area is 222 Å². The zero-order valence-corrected chi connectivity index (χ0v) is 23.1. The largest absolute Gasteiger partial charge is 0.497 e. The lowest BCUT2D eigenvalue weighted by Crippen LogP contribution is -2.49. The molecule has 0 saturated carbocycles. The molecule has 3 rings (SSSR count). The van der Waals surface area contributed by atoms with Gasteiger partial charge in [0.2, 0.25) is 0 Å². The highest BCUT2D eigenvalue weighted by atomic mass is 16.5. The van der Waals surface area contributed by atoms with Gasteiger partial charge in [0.25, 0.3) is 5.91 Å². The van der Waals surface area contributed by atoms with Gasteiger partial charge in [-0.1, -0.05) is 31.2 Å². The van der Waals surface area contributed by atoms with Crippen molar-refractivity contribution in [2.45, 2.75) is 58.9 Å². The molecule has 2 aromatic carbocycles. The van der Waals surface area contributed by atoms with Crippen LogP contribution < -0.4 is 15.4 Å². The van der Waals surface area contributed by atoms with Crippen LogP contribution in [0.5, 0.6) is 5.75 Å². The highest BCUT2D eigenvalue weighted by Gasteiger charge is 2.13. The van der Waals surface area contributed by atoms with E-state index in [4.69, 9.17) is 9.47 Å². The maximum absolute atomic E-state index is 12.2. The molecule has 1 aliphatic rings. The maximum atomic E-state index is 12.2. The van der Waals surface area contributed by atoms with Gasteiger partial charge in [-0.2, -0.15) is 0 Å². The van der Waals surface area contributed by atoms with E-state index in [9.17, 15) is 9.59 Å². The van der Waals surface area contributed by atoms with Crippen molar-refractivity contribution in [3.63, 3.8) is 0 Å². The predicted molar refractivity (Wildman–Crippen MR) is 149 cm³/mol. The molecule has 1 unspecified atom stereocenters. The standard InChI is InChI=1S/C22H27NO4.C8H18N2/c1-3-27-21(24)9-4-5-14-23-22(25)19-12-10-17(11-13-19)15-18-7-6-8-20(16-18)26-2;1-3-5-10-6-4-9-8(2)7-10/h6-8,10-13,16H,3-5,9,14-15H2,1-2H3,(H,23,25);8-9H,3-7H2,1-2H3. The minimum atomic E-state index is -0.185. The van der Waals surface area contributed by atoms with Gasteiger partial charge in [0, 0.05) is 44.2 Å². The monoisotopic (exact) mass is 511 g/mol. The number of hydrogen-bond donors (Lipinski definition) is 2. The summed E-state index contributed by atoms with van der Waals surface area (Å²) in [6.07, 6.45) is 3.92. The van der Waals surface area contributed by atoms with Crippen molar-refractivity contribution < 1.29 is 19.1 Å². The summed E-state index contributed by atoms with van der Waals surface area (Å²) in [5, 5.41) is 6.31. The maximum Gasteiger partial charge on any atom is 0.305 e. The smallest absolute Gasteiger partial charge is 0.305 e. The van der Waals surface area contributed by atoms with Gasteiger partial charge in [-0.15, -0.1) is 0 Å². The number of amides is 1. The van der Waals surface area contributed by atoms with Crippen LogP contribution in [0, 0.1) is 0 Å². The number of piperazine rings is 1. The number of methoxy groups -OCH3 is 1. The van der Waals surface area contributed by atoms with Crippen LogP contribution in [0.3, 0.4) is 0 Å². The number of carbonyl (C=O) groups excluding carboxylic acids is 2. The van der Waals surface area contributed by atoms with Gasteiger partial charge in [0.15, 0.2) is 0 Å². The van der Waals surface area contributed by atoms with Gasteiger partial charge < -0.3 is 25.0 Å². The number of nitrogens with one attached hydrogen (secondary N) is 2. The van der Waals surface area contributed by atoms with Crippen LogP contribution in [-0.2, 0) is 16.0 Å². The third kappa shape index (κ3) is 12.3. The molecule has 7 heteroatoms. The number of unbranched alkanes of at least 4 members (excludes halogenated alkanes) is 1. The first kappa shape index (κ1) is 30.3. The van der Waals surface area contributed by atoms with Crippen molar-refractivity contribution in [2.75, 3.05) is 46.4 Å². The van der Waals surface area contributed by atoms with Crippen LogP contribution in [-0.4, -0.2) is 69.3 Å². The summed E-state index contributed by atoms with van der Waals surface area (Å²) in [7, 11) is 1.66. The molecule has 2 N–H and O–H groups in total. The molecule has 7 nitrogen and oxygen atoms in total. The van der Waals surface area contributed by atoms with E-state index in [1.165, 1.54) is 32.6 Å². The Bertz CT molecular complexity index is 931. The molecule has 2 aromatic rings. The third-order valence-corrected chi connectivity index (χ3v) is 6.15. The van der Waals surface area contributed by atoms with Crippen LogP contribution in [0.4, 0.5) is 0 Å². The van der Waals surface area contributed by atoms with E-state index in [2.05, 4.69) is 35.4 Å². The zero-order chi connectivity index (χ0) is 26.9. The highest BCUT2D eigenvalue weighted by Crippen LogP contribution is 2.16. The molecule has 204 valence electrons. The molecule has 0 spiro atoms. The molecule has 1 atom stereocenters. The first-order valence-corrected chi connectivity index (χ1v) is 13.6. The molecule has 1 heterocycles. The fourth-order valence-corrected chi connectivity index (χ4v) is 4.26. The van der Waals surface area contributed by atoms with E-state index >= 15 is 0 Å². The quantitative estimate of drug-likeness (QED) is 0.324. The van der Waals surface area contributed by atoms with Gasteiger partial charge >= 0.3 is 5.97 Å². The van der Waals surface area contributed by atoms with Crippen LogP contribution in [0.25, 0.3) is 0 Å². The van der Waals surface area contributed by atoms with Crippen molar-refractivity contribution in [2.24, 2.45) is 0 Å². The van der Waals surface area contributed by atoms with Crippen molar-refractivity contribution in [1.29, 1.82) is 0 Å². The SMILES string of the molecule is CCCN1CCNC(C)C1.CCOC(=O)CCCCNC(=O)c1ccc(Cc2cccc(OC)c2)cc1. The van der Waals surface area contributed by atoms with E-state index in [0.717, 1.165) is 29.7 Å². The molecule has 1 aliphatic heterocycles. The van der Waals surface area contributed by atoms with Gasteiger partial charge in [-0.25, -0.2) is 0 Å². The molecule has 37 heavy (non-hydrogen) atoms. The molecule has 0 bridgehead atoms. The topological polar surface area (TPSA) is 79.9 Å². The summed E-state index contributed by atoms with van der Waals surface area (Å²) in [4.78, 5) is 26.0. The second-order valence-corrected chi connectivity index (χ2v) is 9.40. The summed E-state index contributed by atoms with van der Waals surface area (Å²) in [5.74, 6) is 0.556. The summed E-state index contributed by atoms with van der Waals surface area (Å²) < 4.78 is 10.1. The van der Waals surface area contributed by atoms with Gasteiger partial charge in [-0.05, 0) is 81.5 Å². The number of hydrogen-bond acceptors (Lipinski definition) is 6. The normalized spacial score (nSPS) is 15.3.